The van der Waals surface area contributed by atoms with E-state index in [0.717, 1.165) is 12.7 Å². The van der Waals surface area contributed by atoms with Gasteiger partial charge in [0.25, 0.3) is 5.88 Å². The summed E-state index contributed by atoms with van der Waals surface area (Å²) in [6.45, 7) is 10.8. The zero-order valence-corrected chi connectivity index (χ0v) is 22.7. The molecule has 3 heterocycles. The van der Waals surface area contributed by atoms with Gasteiger partial charge < -0.3 is 24.4 Å². The largest absolute Gasteiger partial charge is 0.485 e. The molecule has 12 heteroatoms. The third-order valence-electron chi connectivity index (χ3n) is 5.80. The summed E-state index contributed by atoms with van der Waals surface area (Å²) in [5.41, 5.74) is -0.751. The molecule has 1 saturated heterocycles. The van der Waals surface area contributed by atoms with Crippen LogP contribution in [0.15, 0.2) is 23.5 Å². The molecule has 200 valence electrons. The van der Waals surface area contributed by atoms with Crippen LogP contribution in [0.4, 0.5) is 10.6 Å². The fourth-order valence-electron chi connectivity index (χ4n) is 3.85. The van der Waals surface area contributed by atoms with E-state index in [1.807, 2.05) is 34.6 Å². The van der Waals surface area contributed by atoms with E-state index in [1.54, 1.807) is 11.0 Å². The molecule has 2 aliphatic rings. The number of piperidine rings is 1. The molecule has 0 aliphatic carbocycles. The van der Waals surface area contributed by atoms with Crippen LogP contribution in [0.1, 0.15) is 53.9 Å². The first kappa shape index (κ1) is 27.7. The molecule has 0 spiro atoms. The van der Waals surface area contributed by atoms with Gasteiger partial charge in [0.1, 0.15) is 17.5 Å². The molecule has 0 radical (unpaired) electrons. The van der Waals surface area contributed by atoms with Crippen LogP contribution < -0.4 is 14.8 Å². The summed E-state index contributed by atoms with van der Waals surface area (Å²) >= 11 is 0. The fraction of sp³-hybridized carbons (Fsp3) is 0.667. The average molecular weight is 524 g/mol. The number of carbonyl (C=O) groups excluding carboxylic acids is 1. The molecule has 3 rings (SSSR count). The minimum Gasteiger partial charge on any atom is -0.485 e. The van der Waals surface area contributed by atoms with E-state index >= 15 is 0 Å². The van der Waals surface area contributed by atoms with Gasteiger partial charge in [0.05, 0.1) is 24.3 Å². The van der Waals surface area contributed by atoms with Crippen molar-refractivity contribution in [3.05, 3.63) is 18.5 Å². The number of hydrogen-bond donors (Lipinski definition) is 1. The Hall–Kier alpha value is -2.89. The van der Waals surface area contributed by atoms with Crippen molar-refractivity contribution in [2.24, 2.45) is 4.99 Å². The first-order chi connectivity index (χ1) is 16.9. The molecule has 1 amide bonds. The number of dihydropyridines is 1. The predicted molar refractivity (Wildman–Crippen MR) is 138 cm³/mol. The lowest BCUT2D eigenvalue weighted by Gasteiger charge is -2.33. The van der Waals surface area contributed by atoms with Crippen molar-refractivity contribution in [3.8, 4) is 11.6 Å². The van der Waals surface area contributed by atoms with Crippen molar-refractivity contribution in [1.82, 2.24) is 14.9 Å². The van der Waals surface area contributed by atoms with Gasteiger partial charge in [0, 0.05) is 32.2 Å². The molecular weight excluding hydrogens is 486 g/mol. The second-order valence-corrected chi connectivity index (χ2v) is 11.8. The van der Waals surface area contributed by atoms with E-state index < -0.39 is 15.4 Å². The highest BCUT2D eigenvalue weighted by atomic mass is 32.2. The third-order valence-corrected chi connectivity index (χ3v) is 6.79. The van der Waals surface area contributed by atoms with Crippen molar-refractivity contribution in [2.45, 2.75) is 77.7 Å². The number of ether oxygens (including phenoxy) is 3. The quantitative estimate of drug-likeness (QED) is 0.545. The smallest absolute Gasteiger partial charge is 0.410 e. The van der Waals surface area contributed by atoms with Crippen LogP contribution in [-0.4, -0.2) is 84.2 Å². The maximum Gasteiger partial charge on any atom is 0.410 e. The minimum atomic E-state index is -3.42. The predicted octanol–water partition coefficient (Wildman–Crippen LogP) is 3.23. The highest BCUT2D eigenvalue weighted by molar-refractivity contribution is 8.06. The summed E-state index contributed by atoms with van der Waals surface area (Å²) in [4.78, 5) is 27.0. The lowest BCUT2D eigenvalue weighted by atomic mass is 9.93. The molecular formula is C24H37N5O6S. The normalized spacial score (nSPS) is 20.1. The van der Waals surface area contributed by atoms with Gasteiger partial charge in [-0.05, 0) is 40.2 Å². The molecule has 1 fully saturated rings. The molecule has 1 atom stereocenters. The summed E-state index contributed by atoms with van der Waals surface area (Å²) in [6, 6.07) is -0.343. The van der Waals surface area contributed by atoms with Crippen LogP contribution in [0.2, 0.25) is 0 Å². The molecule has 2 aliphatic heterocycles. The number of sulfone groups is 1. The molecule has 1 aromatic rings. The second-order valence-electron chi connectivity index (χ2n) is 9.80. The summed E-state index contributed by atoms with van der Waals surface area (Å²) < 4.78 is 41.4. The summed E-state index contributed by atoms with van der Waals surface area (Å²) in [7, 11) is -3.42. The number of amides is 1. The van der Waals surface area contributed by atoms with E-state index in [-0.39, 0.29) is 29.4 Å². The summed E-state index contributed by atoms with van der Waals surface area (Å²) in [5.74, 6) is 1.15. The standard InChI is InChI=1S/C24H37N5O6S/c1-7-14-33-20-21(27-18-8-9-19(36(6,31)32)28-24(18,4)5)25-15-26-22(20)35-17-10-12-29(13-11-17)23(30)34-16(2)3/h8-9,15-18H,7,10-14H2,1-6H3,(H,25,26,27). The Morgan fingerprint density at radius 1 is 1.25 bits per heavy atom. The van der Waals surface area contributed by atoms with E-state index in [4.69, 9.17) is 14.2 Å². The van der Waals surface area contributed by atoms with E-state index in [0.29, 0.717) is 50.0 Å². The van der Waals surface area contributed by atoms with Crippen molar-refractivity contribution in [3.63, 3.8) is 0 Å². The van der Waals surface area contributed by atoms with Crippen LogP contribution >= 0.6 is 0 Å². The Kier molecular flexibility index (Phi) is 8.80. The van der Waals surface area contributed by atoms with E-state index in [1.165, 1.54) is 12.4 Å². The second kappa shape index (κ2) is 11.4. The molecule has 1 aromatic heterocycles. The summed E-state index contributed by atoms with van der Waals surface area (Å²) in [6.07, 6.45) is 7.23. The lowest BCUT2D eigenvalue weighted by Crippen LogP contribution is -2.43. The monoisotopic (exact) mass is 523 g/mol. The van der Waals surface area contributed by atoms with Crippen LogP contribution in [0, 0.1) is 0 Å². The molecule has 0 saturated carbocycles. The maximum absolute atomic E-state index is 12.2. The Morgan fingerprint density at radius 3 is 2.53 bits per heavy atom. The average Bonchev–Trinajstić information content (AvgIpc) is 2.79. The Morgan fingerprint density at radius 2 is 1.94 bits per heavy atom. The van der Waals surface area contributed by atoms with Gasteiger partial charge >= 0.3 is 6.09 Å². The molecule has 0 aromatic carbocycles. The number of aliphatic imine (C=N–C) groups is 1. The van der Waals surface area contributed by atoms with Gasteiger partial charge in [-0.2, -0.15) is 4.98 Å². The van der Waals surface area contributed by atoms with Crippen molar-refractivity contribution >= 4 is 26.8 Å². The zero-order valence-electron chi connectivity index (χ0n) is 21.9. The van der Waals surface area contributed by atoms with Crippen LogP contribution in [0.5, 0.6) is 11.6 Å². The number of aromatic nitrogens is 2. The number of hydrogen-bond acceptors (Lipinski definition) is 10. The van der Waals surface area contributed by atoms with Gasteiger partial charge in [-0.25, -0.2) is 18.2 Å². The van der Waals surface area contributed by atoms with Crippen molar-refractivity contribution < 1.29 is 27.4 Å². The number of likely N-dealkylation sites (tertiary alicyclic amines) is 1. The van der Waals surface area contributed by atoms with Crippen LogP contribution in [-0.2, 0) is 14.6 Å². The highest BCUT2D eigenvalue weighted by Crippen LogP contribution is 2.36. The number of nitrogens with one attached hydrogen (secondary N) is 1. The Balaban J connectivity index is 1.75. The van der Waals surface area contributed by atoms with Gasteiger partial charge in [0.2, 0.25) is 5.75 Å². The summed E-state index contributed by atoms with van der Waals surface area (Å²) in [5, 5.41) is 3.37. The van der Waals surface area contributed by atoms with Crippen LogP contribution in [0.25, 0.3) is 0 Å². The van der Waals surface area contributed by atoms with E-state index in [2.05, 4.69) is 20.3 Å². The van der Waals surface area contributed by atoms with E-state index in [9.17, 15) is 13.2 Å². The van der Waals surface area contributed by atoms with Crippen LogP contribution in [0.3, 0.4) is 0 Å². The molecule has 11 nitrogen and oxygen atoms in total. The number of anilines is 1. The number of carbonyl (C=O) groups is 1. The van der Waals surface area contributed by atoms with Gasteiger partial charge in [-0.1, -0.05) is 13.0 Å². The van der Waals surface area contributed by atoms with Gasteiger partial charge in [-0.15, -0.1) is 0 Å². The molecule has 36 heavy (non-hydrogen) atoms. The van der Waals surface area contributed by atoms with Crippen molar-refractivity contribution in [2.75, 3.05) is 31.3 Å². The molecule has 1 unspecified atom stereocenters. The maximum atomic E-state index is 12.2. The lowest BCUT2D eigenvalue weighted by molar-refractivity contribution is 0.0498. The fourth-order valence-corrected chi connectivity index (χ4v) is 4.58. The minimum absolute atomic E-state index is 0.0448. The third kappa shape index (κ3) is 7.08. The molecule has 1 N–H and O–H groups in total. The van der Waals surface area contributed by atoms with Gasteiger partial charge in [-0.3, -0.25) is 4.99 Å². The Labute approximate surface area is 213 Å². The van der Waals surface area contributed by atoms with Crippen molar-refractivity contribution in [1.29, 1.82) is 0 Å². The topological polar surface area (TPSA) is 132 Å². The highest BCUT2D eigenvalue weighted by Gasteiger charge is 2.34. The number of rotatable bonds is 8. The SMILES string of the molecule is CCCOc1c(NC2C=CC(S(C)(=O)=O)=NC2(C)C)ncnc1OC1CCN(C(=O)OC(C)C)CC1. The Bertz CT molecular complexity index is 1090. The first-order valence-electron chi connectivity index (χ1n) is 12.3. The zero-order chi connectivity index (χ0) is 26.5. The van der Waals surface area contributed by atoms with Gasteiger partial charge in [0.15, 0.2) is 15.7 Å². The molecule has 0 bridgehead atoms. The first-order valence-corrected chi connectivity index (χ1v) is 14.1. The number of nitrogens with zero attached hydrogens (tertiary/aromatic N) is 4.